The Labute approximate surface area is 248 Å². The Morgan fingerprint density at radius 1 is 1.30 bits per heavy atom. The lowest BCUT2D eigenvalue weighted by Crippen LogP contribution is -2.41. The van der Waals surface area contributed by atoms with Crippen molar-refractivity contribution in [1.82, 2.24) is 25.3 Å². The summed E-state index contributed by atoms with van der Waals surface area (Å²) in [5, 5.41) is 3.90. The van der Waals surface area contributed by atoms with Crippen molar-refractivity contribution in [1.29, 1.82) is 0 Å². The van der Waals surface area contributed by atoms with E-state index in [9.17, 15) is 8.42 Å². The van der Waals surface area contributed by atoms with Crippen LogP contribution in [0.5, 0.6) is 0 Å². The molecule has 1 fully saturated rings. The molecule has 4 rings (SSSR count). The van der Waals surface area contributed by atoms with Crippen molar-refractivity contribution in [2.45, 2.75) is 56.5 Å². The second-order valence-corrected chi connectivity index (χ2v) is 12.4. The first-order chi connectivity index (χ1) is 19.3. The monoisotopic (exact) mass is 600 g/mol. The molecule has 0 saturated carbocycles. The number of likely N-dealkylation sites (tertiary alicyclic amines) is 1. The number of aromatic nitrogens is 1. The van der Waals surface area contributed by atoms with Crippen LogP contribution >= 0.6 is 23.8 Å². The number of allylic oxidation sites excluding steroid dienone is 3. The number of thiocarbonyl (C=S) groups is 1. The number of hydrogen-bond donors (Lipinski definition) is 4. The van der Waals surface area contributed by atoms with Gasteiger partial charge in [-0.05, 0) is 86.3 Å². The molecule has 2 heterocycles. The number of benzene rings is 1. The van der Waals surface area contributed by atoms with Gasteiger partial charge < -0.3 is 5.32 Å². The fourth-order valence-corrected chi connectivity index (χ4v) is 6.83. The van der Waals surface area contributed by atoms with E-state index in [4.69, 9.17) is 23.8 Å². The highest BCUT2D eigenvalue weighted by molar-refractivity contribution is 7.89. The fourth-order valence-electron chi connectivity index (χ4n) is 5.34. The average Bonchev–Trinajstić information content (AvgIpc) is 3.36. The second kappa shape index (κ2) is 13.7. The molecular weight excluding hydrogens is 564 g/mol. The van der Waals surface area contributed by atoms with Crippen molar-refractivity contribution in [3.05, 3.63) is 88.6 Å². The Bertz CT molecular complexity index is 1410. The lowest BCUT2D eigenvalue weighted by Gasteiger charge is -2.24. The number of aryl methyl sites for hydroxylation is 1. The molecule has 2 aliphatic rings. The second-order valence-electron chi connectivity index (χ2n) is 9.82. The van der Waals surface area contributed by atoms with Crippen LogP contribution in [0.15, 0.2) is 77.4 Å². The largest absolute Gasteiger partial charge is 0.350 e. The van der Waals surface area contributed by atoms with E-state index in [-0.39, 0.29) is 27.8 Å². The summed E-state index contributed by atoms with van der Waals surface area (Å²) < 4.78 is 28.5. The fraction of sp³-hybridized carbons (Fsp3) is 0.379. The average molecular weight is 601 g/mol. The Morgan fingerprint density at radius 3 is 2.83 bits per heavy atom. The van der Waals surface area contributed by atoms with Gasteiger partial charge in [-0.1, -0.05) is 67.6 Å². The summed E-state index contributed by atoms with van der Waals surface area (Å²) in [5.74, 6) is 0.259. The number of fused-ring (bicyclic) bond motifs is 1. The molecule has 4 N–H and O–H groups in total. The highest BCUT2D eigenvalue weighted by atomic mass is 35.5. The van der Waals surface area contributed by atoms with Gasteiger partial charge in [0.25, 0.3) is 0 Å². The number of rotatable bonds is 10. The van der Waals surface area contributed by atoms with Crippen LogP contribution in [-0.4, -0.2) is 49.1 Å². The van der Waals surface area contributed by atoms with Crippen LogP contribution in [0, 0.1) is 0 Å². The molecule has 0 bridgehead atoms. The number of halogens is 1. The topological polar surface area (TPSA) is 98.4 Å². The maximum absolute atomic E-state index is 12.9. The molecule has 1 aliphatic heterocycles. The first-order valence-electron chi connectivity index (χ1n) is 13.5. The standard InChI is InChI=1S/C29H37ClN6O2S2/c1-4-10-24-20(5-2)14-15-21-11-7-8-13-25(21)27(24)33-29(39)35-34-28-26(30)17-23(19-31-28)40(37,38)32-18-22-12-9-16-36(22)6-3/h4-5,7-8,10-11,13,17,19,22,27,32H,2,6,9,12,14-16,18H2,1,3H3,(H,31,34)(H2,33,35,39). The van der Waals surface area contributed by atoms with Gasteiger partial charge in [-0.3, -0.25) is 15.8 Å². The van der Waals surface area contributed by atoms with Gasteiger partial charge in [-0.2, -0.15) is 0 Å². The van der Waals surface area contributed by atoms with Gasteiger partial charge in [0, 0.05) is 18.8 Å². The minimum absolute atomic E-state index is 0.0120. The number of anilines is 1. The van der Waals surface area contributed by atoms with Gasteiger partial charge in [0.05, 0.1) is 11.1 Å². The predicted octanol–water partition coefficient (Wildman–Crippen LogP) is 5.03. The predicted molar refractivity (Wildman–Crippen MR) is 167 cm³/mol. The number of hydrogen-bond acceptors (Lipinski definition) is 6. The molecule has 2 aromatic rings. The van der Waals surface area contributed by atoms with E-state index in [2.05, 4.69) is 62.5 Å². The number of likely N-dealkylation sites (N-methyl/N-ethyl adjacent to an activating group) is 1. The van der Waals surface area contributed by atoms with Crippen molar-refractivity contribution >= 4 is 44.8 Å². The molecule has 214 valence electrons. The zero-order valence-corrected chi connectivity index (χ0v) is 25.3. The smallest absolute Gasteiger partial charge is 0.242 e. The van der Waals surface area contributed by atoms with E-state index in [0.29, 0.717) is 11.7 Å². The van der Waals surface area contributed by atoms with Gasteiger partial charge in [-0.25, -0.2) is 18.1 Å². The van der Waals surface area contributed by atoms with E-state index in [0.717, 1.165) is 55.5 Å². The van der Waals surface area contributed by atoms with Crippen LogP contribution in [-0.2, 0) is 16.4 Å². The van der Waals surface area contributed by atoms with E-state index < -0.39 is 10.0 Å². The maximum Gasteiger partial charge on any atom is 0.242 e. The zero-order chi connectivity index (χ0) is 28.7. The van der Waals surface area contributed by atoms with Gasteiger partial charge >= 0.3 is 0 Å². The molecule has 8 nitrogen and oxygen atoms in total. The molecule has 11 heteroatoms. The number of nitrogens with zero attached hydrogens (tertiary/aromatic N) is 2. The van der Waals surface area contributed by atoms with Crippen molar-refractivity contribution in [2.75, 3.05) is 25.1 Å². The summed E-state index contributed by atoms with van der Waals surface area (Å²) in [6.07, 6.45) is 11.1. The van der Waals surface area contributed by atoms with Crippen LogP contribution in [0.4, 0.5) is 5.82 Å². The quantitative estimate of drug-likeness (QED) is 0.223. The van der Waals surface area contributed by atoms with Crippen LogP contribution in [0.2, 0.25) is 5.02 Å². The molecule has 0 radical (unpaired) electrons. The minimum atomic E-state index is -3.75. The Balaban J connectivity index is 1.43. The maximum atomic E-state index is 12.9. The summed E-state index contributed by atoms with van der Waals surface area (Å²) in [5.41, 5.74) is 10.5. The molecule has 0 amide bonds. The Morgan fingerprint density at radius 2 is 2.10 bits per heavy atom. The third-order valence-electron chi connectivity index (χ3n) is 7.41. The third kappa shape index (κ3) is 7.11. The van der Waals surface area contributed by atoms with Gasteiger partial charge in [0.15, 0.2) is 10.9 Å². The van der Waals surface area contributed by atoms with Crippen LogP contribution in [0.3, 0.4) is 0 Å². The minimum Gasteiger partial charge on any atom is -0.350 e. The molecular formula is C29H37ClN6O2S2. The van der Waals surface area contributed by atoms with Crippen LogP contribution in [0.1, 0.15) is 50.3 Å². The number of nitrogens with one attached hydrogen (secondary N) is 4. The lowest BCUT2D eigenvalue weighted by molar-refractivity contribution is 0.268. The van der Waals surface area contributed by atoms with E-state index in [1.54, 1.807) is 0 Å². The summed E-state index contributed by atoms with van der Waals surface area (Å²) in [7, 11) is -3.75. The number of sulfonamides is 1. The summed E-state index contributed by atoms with van der Waals surface area (Å²) in [6.45, 7) is 10.4. The van der Waals surface area contributed by atoms with Crippen LogP contribution in [0.25, 0.3) is 0 Å². The summed E-state index contributed by atoms with van der Waals surface area (Å²) in [4.78, 5) is 6.53. The molecule has 1 saturated heterocycles. The molecule has 0 spiro atoms. The Hall–Kier alpha value is -2.76. The van der Waals surface area contributed by atoms with Crippen molar-refractivity contribution in [2.24, 2.45) is 0 Å². The SMILES string of the molecule is C=CC1=C(C=CC)C(NC(=S)NNc2ncc(S(=O)(=O)NCC3CCCN3CC)cc2Cl)c2ccccc2CC1. The summed E-state index contributed by atoms with van der Waals surface area (Å²) in [6, 6.07) is 9.72. The van der Waals surface area contributed by atoms with Crippen molar-refractivity contribution in [3.8, 4) is 0 Å². The summed E-state index contributed by atoms with van der Waals surface area (Å²) >= 11 is 12.0. The normalized spacial score (nSPS) is 19.8. The Kier molecular flexibility index (Phi) is 10.4. The van der Waals surface area contributed by atoms with Gasteiger partial charge in [-0.15, -0.1) is 0 Å². The van der Waals surface area contributed by atoms with E-state index in [1.165, 1.54) is 17.8 Å². The number of hydrazine groups is 1. The highest BCUT2D eigenvalue weighted by Crippen LogP contribution is 2.34. The van der Waals surface area contributed by atoms with Gasteiger partial charge in [0.1, 0.15) is 4.90 Å². The van der Waals surface area contributed by atoms with Crippen molar-refractivity contribution in [3.63, 3.8) is 0 Å². The van der Waals surface area contributed by atoms with E-state index in [1.807, 2.05) is 31.2 Å². The number of pyridine rings is 1. The van der Waals surface area contributed by atoms with Crippen molar-refractivity contribution < 1.29 is 8.42 Å². The molecule has 2 unspecified atom stereocenters. The van der Waals surface area contributed by atoms with Crippen LogP contribution < -0.4 is 20.9 Å². The molecule has 1 aromatic carbocycles. The molecule has 2 atom stereocenters. The lowest BCUT2D eigenvalue weighted by atomic mass is 9.94. The van der Waals surface area contributed by atoms with E-state index >= 15 is 0 Å². The zero-order valence-electron chi connectivity index (χ0n) is 22.9. The van der Waals surface area contributed by atoms with Gasteiger partial charge in [0.2, 0.25) is 10.0 Å². The first kappa shape index (κ1) is 30.2. The first-order valence-corrected chi connectivity index (χ1v) is 15.8. The molecule has 1 aromatic heterocycles. The molecule has 40 heavy (non-hydrogen) atoms. The highest BCUT2D eigenvalue weighted by Gasteiger charge is 2.26. The molecule has 1 aliphatic carbocycles. The third-order valence-corrected chi connectivity index (χ3v) is 9.31.